The molecule has 164 valence electrons. The highest BCUT2D eigenvalue weighted by atomic mass is 32.2. The topological polar surface area (TPSA) is 74.1 Å². The van der Waals surface area contributed by atoms with Crippen LogP contribution in [-0.2, 0) is 17.1 Å². The van der Waals surface area contributed by atoms with E-state index in [0.29, 0.717) is 35.2 Å². The van der Waals surface area contributed by atoms with Gasteiger partial charge in [-0.15, -0.1) is 23.1 Å². The van der Waals surface area contributed by atoms with Gasteiger partial charge in [-0.2, -0.15) is 5.26 Å². The molecule has 32 heavy (non-hydrogen) atoms. The summed E-state index contributed by atoms with van der Waals surface area (Å²) in [6.07, 6.45) is 0. The van der Waals surface area contributed by atoms with Crippen molar-refractivity contribution in [3.63, 3.8) is 0 Å². The smallest absolute Gasteiger partial charge is 0.264 e. The van der Waals surface area contributed by atoms with Crippen molar-refractivity contribution in [1.82, 2.24) is 5.32 Å². The first-order chi connectivity index (χ1) is 15.6. The normalized spacial score (nSPS) is 11.3. The van der Waals surface area contributed by atoms with E-state index >= 15 is 0 Å². The van der Waals surface area contributed by atoms with Gasteiger partial charge in [0, 0.05) is 10.6 Å². The van der Waals surface area contributed by atoms with Crippen LogP contribution in [0.5, 0.6) is 5.75 Å². The lowest BCUT2D eigenvalue weighted by atomic mass is 10.2. The van der Waals surface area contributed by atoms with Crippen LogP contribution in [0.25, 0.3) is 0 Å². The molecule has 1 amide bonds. The number of nitrogens with zero attached hydrogens (tertiary/aromatic N) is 1. The number of amides is 1. The van der Waals surface area contributed by atoms with Crippen LogP contribution in [0.4, 0.5) is 10.1 Å². The summed E-state index contributed by atoms with van der Waals surface area (Å²) in [6.45, 7) is 2.66. The molecule has 2 N–H and O–H groups in total. The summed E-state index contributed by atoms with van der Waals surface area (Å²) >= 11 is 2.71. The van der Waals surface area contributed by atoms with Gasteiger partial charge in [0.2, 0.25) is 0 Å². The Labute approximate surface area is 194 Å². The van der Waals surface area contributed by atoms with E-state index < -0.39 is 5.91 Å². The standard InChI is InChI=1S/C24H22FN3O2S2/c1-2-30-22-12-6-5-11-21(22)28-24(32-16-17-8-3-4-10-20(17)25)19(14-26)23(29)27-15-18-9-7-13-31-18/h3-13,28H,2,15-16H2,1H3,(H,27,29). The Morgan fingerprint density at radius 3 is 2.66 bits per heavy atom. The number of thioether (sulfide) groups is 1. The van der Waals surface area contributed by atoms with Crippen molar-refractivity contribution in [3.05, 3.63) is 92.9 Å². The molecule has 0 radical (unpaired) electrons. The molecule has 2 aromatic carbocycles. The van der Waals surface area contributed by atoms with Crippen LogP contribution in [0, 0.1) is 17.1 Å². The minimum absolute atomic E-state index is 0.0748. The van der Waals surface area contributed by atoms with E-state index in [1.165, 1.54) is 29.2 Å². The highest BCUT2D eigenvalue weighted by Gasteiger charge is 2.18. The van der Waals surface area contributed by atoms with E-state index in [9.17, 15) is 14.4 Å². The maximum absolute atomic E-state index is 14.1. The van der Waals surface area contributed by atoms with Crippen molar-refractivity contribution in [2.75, 3.05) is 11.9 Å². The first-order valence-electron chi connectivity index (χ1n) is 9.92. The highest BCUT2D eigenvalue weighted by molar-refractivity contribution is 8.02. The number of rotatable bonds is 10. The fraction of sp³-hybridized carbons (Fsp3) is 0.167. The molecular formula is C24H22FN3O2S2. The van der Waals surface area contributed by atoms with Gasteiger partial charge in [0.25, 0.3) is 5.91 Å². The van der Waals surface area contributed by atoms with E-state index in [1.807, 2.05) is 42.6 Å². The van der Waals surface area contributed by atoms with Gasteiger partial charge in [0.15, 0.2) is 0 Å². The van der Waals surface area contributed by atoms with E-state index in [-0.39, 0.29) is 17.1 Å². The Morgan fingerprint density at radius 1 is 1.16 bits per heavy atom. The number of hydrogen-bond acceptors (Lipinski definition) is 6. The zero-order valence-corrected chi connectivity index (χ0v) is 19.1. The number of carbonyl (C=O) groups is 1. The van der Waals surface area contributed by atoms with Gasteiger partial charge in [0.05, 0.1) is 23.9 Å². The molecule has 0 atom stereocenters. The Bertz CT molecular complexity index is 1120. The number of benzene rings is 2. The van der Waals surface area contributed by atoms with Crippen LogP contribution >= 0.6 is 23.1 Å². The summed E-state index contributed by atoms with van der Waals surface area (Å²) < 4.78 is 19.8. The van der Waals surface area contributed by atoms with Crippen molar-refractivity contribution >= 4 is 34.7 Å². The molecule has 3 aromatic rings. The van der Waals surface area contributed by atoms with Crippen molar-refractivity contribution < 1.29 is 13.9 Å². The second-order valence-corrected chi connectivity index (χ2v) is 8.53. The van der Waals surface area contributed by atoms with Gasteiger partial charge in [0.1, 0.15) is 23.2 Å². The highest BCUT2D eigenvalue weighted by Crippen LogP contribution is 2.32. The molecule has 0 saturated carbocycles. The van der Waals surface area contributed by atoms with Crippen LogP contribution in [0.2, 0.25) is 0 Å². The van der Waals surface area contributed by atoms with Crippen molar-refractivity contribution in [2.45, 2.75) is 19.2 Å². The lowest BCUT2D eigenvalue weighted by Crippen LogP contribution is -2.25. The molecule has 0 spiro atoms. The predicted molar refractivity (Wildman–Crippen MR) is 128 cm³/mol. The van der Waals surface area contributed by atoms with E-state index in [2.05, 4.69) is 10.6 Å². The number of anilines is 1. The number of thiophene rings is 1. The number of halogens is 1. The van der Waals surface area contributed by atoms with Gasteiger partial charge in [-0.05, 0) is 42.1 Å². The molecule has 0 unspecified atom stereocenters. The molecule has 0 saturated heterocycles. The third-order valence-electron chi connectivity index (χ3n) is 4.33. The number of nitrogens with one attached hydrogen (secondary N) is 2. The molecule has 0 aliphatic carbocycles. The number of carbonyl (C=O) groups excluding carboxylic acids is 1. The van der Waals surface area contributed by atoms with Crippen LogP contribution in [0.15, 0.2) is 76.6 Å². The first-order valence-corrected chi connectivity index (χ1v) is 11.8. The lowest BCUT2D eigenvalue weighted by molar-refractivity contribution is -0.117. The number of nitriles is 1. The largest absolute Gasteiger partial charge is 0.492 e. The zero-order chi connectivity index (χ0) is 22.8. The van der Waals surface area contributed by atoms with E-state index in [0.717, 1.165) is 4.88 Å². The molecule has 1 aromatic heterocycles. The van der Waals surface area contributed by atoms with Crippen molar-refractivity contribution in [3.8, 4) is 11.8 Å². The van der Waals surface area contributed by atoms with Crippen LogP contribution < -0.4 is 15.4 Å². The Hall–Kier alpha value is -3.28. The number of para-hydroxylation sites is 2. The Morgan fingerprint density at radius 2 is 1.94 bits per heavy atom. The van der Waals surface area contributed by atoms with Gasteiger partial charge in [-0.3, -0.25) is 4.79 Å². The van der Waals surface area contributed by atoms with Crippen molar-refractivity contribution in [1.29, 1.82) is 5.26 Å². The maximum atomic E-state index is 14.1. The quantitative estimate of drug-likeness (QED) is 0.296. The van der Waals surface area contributed by atoms with Crippen LogP contribution in [0.3, 0.4) is 0 Å². The zero-order valence-electron chi connectivity index (χ0n) is 17.4. The third kappa shape index (κ3) is 6.36. The fourth-order valence-electron chi connectivity index (χ4n) is 2.78. The monoisotopic (exact) mass is 467 g/mol. The summed E-state index contributed by atoms with van der Waals surface area (Å²) in [5.41, 5.74) is 1.02. The molecular weight excluding hydrogens is 445 g/mol. The first kappa shape index (κ1) is 23.4. The molecule has 5 nitrogen and oxygen atoms in total. The summed E-state index contributed by atoms with van der Waals surface area (Å²) in [7, 11) is 0. The van der Waals surface area contributed by atoms with Gasteiger partial charge in [-0.1, -0.05) is 36.4 Å². The van der Waals surface area contributed by atoms with Gasteiger partial charge >= 0.3 is 0 Å². The average molecular weight is 468 g/mol. The second kappa shape index (κ2) is 11.9. The average Bonchev–Trinajstić information content (AvgIpc) is 3.32. The summed E-state index contributed by atoms with van der Waals surface area (Å²) in [4.78, 5) is 13.8. The number of ether oxygens (including phenoxy) is 1. The SMILES string of the molecule is CCOc1ccccc1NC(SCc1ccccc1F)=C(C#N)C(=O)NCc1cccs1. The summed E-state index contributed by atoms with van der Waals surface area (Å²) in [6, 6.07) is 19.5. The molecule has 0 aliphatic rings. The lowest BCUT2D eigenvalue weighted by Gasteiger charge is -2.16. The second-order valence-electron chi connectivity index (χ2n) is 6.51. The van der Waals surface area contributed by atoms with Crippen molar-refractivity contribution in [2.24, 2.45) is 0 Å². The van der Waals surface area contributed by atoms with E-state index in [1.54, 1.807) is 30.3 Å². The molecule has 3 rings (SSSR count). The predicted octanol–water partition coefficient (Wildman–Crippen LogP) is 5.68. The summed E-state index contributed by atoms with van der Waals surface area (Å²) in [5, 5.41) is 18.0. The Balaban J connectivity index is 1.89. The Kier molecular flexibility index (Phi) is 8.72. The van der Waals surface area contributed by atoms with Gasteiger partial charge in [-0.25, -0.2) is 4.39 Å². The minimum Gasteiger partial charge on any atom is -0.492 e. The van der Waals surface area contributed by atoms with Crippen LogP contribution in [-0.4, -0.2) is 12.5 Å². The molecule has 8 heteroatoms. The number of hydrogen-bond donors (Lipinski definition) is 2. The summed E-state index contributed by atoms with van der Waals surface area (Å²) in [5.74, 6) is -0.00169. The molecule has 0 bridgehead atoms. The van der Waals surface area contributed by atoms with Gasteiger partial charge < -0.3 is 15.4 Å². The molecule has 0 aliphatic heterocycles. The fourth-order valence-corrected chi connectivity index (χ4v) is 4.43. The molecule has 1 heterocycles. The maximum Gasteiger partial charge on any atom is 0.264 e. The third-order valence-corrected chi connectivity index (χ3v) is 6.26. The minimum atomic E-state index is -0.502. The van der Waals surface area contributed by atoms with E-state index in [4.69, 9.17) is 4.74 Å². The molecule has 0 fully saturated rings. The van der Waals surface area contributed by atoms with Crippen LogP contribution in [0.1, 0.15) is 17.4 Å².